The van der Waals surface area contributed by atoms with Crippen molar-refractivity contribution in [3.8, 4) is 0 Å². The third-order valence-corrected chi connectivity index (χ3v) is 4.83. The molecule has 1 aromatic heterocycles. The number of anilines is 2. The van der Waals surface area contributed by atoms with E-state index in [0.29, 0.717) is 4.88 Å². The van der Waals surface area contributed by atoms with E-state index in [1.54, 1.807) is 6.07 Å². The Bertz CT molecular complexity index is 723. The van der Waals surface area contributed by atoms with Crippen molar-refractivity contribution in [2.24, 2.45) is 5.92 Å². The number of carbonyl (C=O) groups excluding carboxylic acids is 2. The highest BCUT2D eigenvalue weighted by molar-refractivity contribution is 7.12. The van der Waals surface area contributed by atoms with Gasteiger partial charge >= 0.3 is 0 Å². The number of carbonyl (C=O) groups is 2. The minimum absolute atomic E-state index is 0.0147. The summed E-state index contributed by atoms with van der Waals surface area (Å²) in [7, 11) is 0. The van der Waals surface area contributed by atoms with Crippen molar-refractivity contribution >= 4 is 34.5 Å². The van der Waals surface area contributed by atoms with E-state index in [1.807, 2.05) is 48.4 Å². The Morgan fingerprint density at radius 3 is 2.78 bits per heavy atom. The van der Waals surface area contributed by atoms with E-state index in [9.17, 15) is 9.59 Å². The molecule has 0 saturated heterocycles. The molecule has 0 spiro atoms. The summed E-state index contributed by atoms with van der Waals surface area (Å²) in [6.07, 6.45) is 1.88. The standard InChI is InChI=1S/C18H20N2O2S/c1-12(2)18(22)20-9-3-5-13-11-14(7-8-15(13)20)19-17(21)16-6-4-10-23-16/h4,6-8,10-12H,3,5,9H2,1-2H3,(H,19,21). The summed E-state index contributed by atoms with van der Waals surface area (Å²) in [6, 6.07) is 9.47. The summed E-state index contributed by atoms with van der Waals surface area (Å²) in [4.78, 5) is 27.0. The predicted molar refractivity (Wildman–Crippen MR) is 94.2 cm³/mol. The Morgan fingerprint density at radius 1 is 1.26 bits per heavy atom. The normalized spacial score (nSPS) is 13.8. The number of rotatable bonds is 3. The van der Waals surface area contributed by atoms with E-state index in [0.717, 1.165) is 36.3 Å². The molecule has 1 aromatic carbocycles. The molecule has 1 aliphatic heterocycles. The monoisotopic (exact) mass is 328 g/mol. The summed E-state index contributed by atoms with van der Waals surface area (Å²) < 4.78 is 0. The summed E-state index contributed by atoms with van der Waals surface area (Å²) in [5.41, 5.74) is 2.87. The number of nitrogens with zero attached hydrogens (tertiary/aromatic N) is 1. The molecule has 1 aliphatic rings. The number of hydrogen-bond acceptors (Lipinski definition) is 3. The van der Waals surface area contributed by atoms with Gasteiger partial charge in [0.25, 0.3) is 5.91 Å². The predicted octanol–water partition coefficient (Wildman–Crippen LogP) is 3.94. The molecule has 3 rings (SSSR count). The lowest BCUT2D eigenvalue weighted by Gasteiger charge is -2.31. The van der Waals surface area contributed by atoms with Gasteiger partial charge in [-0.15, -0.1) is 11.3 Å². The topological polar surface area (TPSA) is 49.4 Å². The number of aryl methyl sites for hydroxylation is 1. The SMILES string of the molecule is CC(C)C(=O)N1CCCc2cc(NC(=O)c3cccs3)ccc21. The van der Waals surface area contributed by atoms with Crippen molar-refractivity contribution in [1.29, 1.82) is 0 Å². The molecule has 5 heteroatoms. The van der Waals surface area contributed by atoms with E-state index >= 15 is 0 Å². The summed E-state index contributed by atoms with van der Waals surface area (Å²) in [6.45, 7) is 4.61. The number of benzene rings is 1. The van der Waals surface area contributed by atoms with E-state index in [1.165, 1.54) is 11.3 Å². The molecule has 0 aliphatic carbocycles. The van der Waals surface area contributed by atoms with Crippen LogP contribution in [0.2, 0.25) is 0 Å². The summed E-state index contributed by atoms with van der Waals surface area (Å²) in [5.74, 6) is 0.0475. The highest BCUT2D eigenvalue weighted by Crippen LogP contribution is 2.31. The van der Waals surface area contributed by atoms with Crippen LogP contribution < -0.4 is 10.2 Å². The van der Waals surface area contributed by atoms with Crippen LogP contribution in [-0.2, 0) is 11.2 Å². The second kappa shape index (κ2) is 6.54. The van der Waals surface area contributed by atoms with E-state index in [4.69, 9.17) is 0 Å². The quantitative estimate of drug-likeness (QED) is 0.928. The average Bonchev–Trinajstić information content (AvgIpc) is 3.08. The number of amides is 2. The minimum Gasteiger partial charge on any atom is -0.321 e. The van der Waals surface area contributed by atoms with Crippen LogP contribution in [0.5, 0.6) is 0 Å². The van der Waals surface area contributed by atoms with Gasteiger partial charge in [-0.05, 0) is 48.1 Å². The van der Waals surface area contributed by atoms with Crippen LogP contribution in [0.1, 0.15) is 35.5 Å². The third-order valence-electron chi connectivity index (χ3n) is 3.96. The van der Waals surface area contributed by atoms with Crippen molar-refractivity contribution in [2.75, 3.05) is 16.8 Å². The van der Waals surface area contributed by atoms with Gasteiger partial charge in [-0.1, -0.05) is 19.9 Å². The van der Waals surface area contributed by atoms with Crippen molar-refractivity contribution in [3.63, 3.8) is 0 Å². The molecule has 0 radical (unpaired) electrons. The molecule has 120 valence electrons. The molecular weight excluding hydrogens is 308 g/mol. The maximum absolute atomic E-state index is 12.3. The van der Waals surface area contributed by atoms with Crippen LogP contribution in [0.25, 0.3) is 0 Å². The maximum atomic E-state index is 12.3. The van der Waals surface area contributed by atoms with Crippen LogP contribution in [0, 0.1) is 5.92 Å². The average molecular weight is 328 g/mol. The van der Waals surface area contributed by atoms with Gasteiger partial charge in [-0.25, -0.2) is 0 Å². The molecular formula is C18H20N2O2S. The first-order valence-electron chi connectivity index (χ1n) is 7.85. The van der Waals surface area contributed by atoms with Gasteiger partial charge in [0.2, 0.25) is 5.91 Å². The molecule has 0 bridgehead atoms. The van der Waals surface area contributed by atoms with Crippen molar-refractivity contribution in [3.05, 3.63) is 46.2 Å². The van der Waals surface area contributed by atoms with Crippen molar-refractivity contribution < 1.29 is 9.59 Å². The fourth-order valence-electron chi connectivity index (χ4n) is 2.82. The van der Waals surface area contributed by atoms with Gasteiger partial charge in [0.15, 0.2) is 0 Å². The molecule has 0 saturated carbocycles. The first kappa shape index (κ1) is 15.7. The van der Waals surface area contributed by atoms with Crippen LogP contribution >= 0.6 is 11.3 Å². The van der Waals surface area contributed by atoms with Crippen LogP contribution in [-0.4, -0.2) is 18.4 Å². The molecule has 2 aromatic rings. The molecule has 23 heavy (non-hydrogen) atoms. The smallest absolute Gasteiger partial charge is 0.265 e. The number of thiophene rings is 1. The molecule has 4 nitrogen and oxygen atoms in total. The van der Waals surface area contributed by atoms with E-state index in [-0.39, 0.29) is 17.7 Å². The molecule has 2 amide bonds. The van der Waals surface area contributed by atoms with Gasteiger partial charge in [0, 0.05) is 23.8 Å². The fourth-order valence-corrected chi connectivity index (χ4v) is 3.43. The first-order valence-corrected chi connectivity index (χ1v) is 8.73. The summed E-state index contributed by atoms with van der Waals surface area (Å²) in [5, 5.41) is 4.82. The maximum Gasteiger partial charge on any atom is 0.265 e. The van der Waals surface area contributed by atoms with Crippen LogP contribution in [0.15, 0.2) is 35.7 Å². The van der Waals surface area contributed by atoms with Crippen molar-refractivity contribution in [2.45, 2.75) is 26.7 Å². The molecule has 2 heterocycles. The Balaban J connectivity index is 1.82. The molecule has 0 fully saturated rings. The van der Waals surface area contributed by atoms with Gasteiger partial charge in [-0.3, -0.25) is 9.59 Å². The number of fused-ring (bicyclic) bond motifs is 1. The summed E-state index contributed by atoms with van der Waals surface area (Å²) >= 11 is 1.42. The van der Waals surface area contributed by atoms with Crippen LogP contribution in [0.4, 0.5) is 11.4 Å². The van der Waals surface area contributed by atoms with E-state index in [2.05, 4.69) is 5.32 Å². The lowest BCUT2D eigenvalue weighted by atomic mass is 9.99. The Morgan fingerprint density at radius 2 is 2.09 bits per heavy atom. The molecule has 0 atom stereocenters. The zero-order valence-corrected chi connectivity index (χ0v) is 14.2. The highest BCUT2D eigenvalue weighted by Gasteiger charge is 2.24. The third kappa shape index (κ3) is 3.29. The van der Waals surface area contributed by atoms with Gasteiger partial charge in [0.05, 0.1) is 4.88 Å². The molecule has 1 N–H and O–H groups in total. The second-order valence-electron chi connectivity index (χ2n) is 6.02. The molecule has 0 unspecified atom stereocenters. The van der Waals surface area contributed by atoms with Crippen LogP contribution in [0.3, 0.4) is 0 Å². The Labute approximate surface area is 140 Å². The van der Waals surface area contributed by atoms with E-state index < -0.39 is 0 Å². The van der Waals surface area contributed by atoms with Gasteiger partial charge in [0.1, 0.15) is 0 Å². The Hall–Kier alpha value is -2.14. The highest BCUT2D eigenvalue weighted by atomic mass is 32.1. The largest absolute Gasteiger partial charge is 0.321 e. The number of hydrogen-bond donors (Lipinski definition) is 1. The fraction of sp³-hybridized carbons (Fsp3) is 0.333. The number of nitrogens with one attached hydrogen (secondary N) is 1. The lowest BCUT2D eigenvalue weighted by molar-refractivity contribution is -0.121. The zero-order chi connectivity index (χ0) is 16.4. The van der Waals surface area contributed by atoms with Crippen molar-refractivity contribution in [1.82, 2.24) is 0 Å². The lowest BCUT2D eigenvalue weighted by Crippen LogP contribution is -2.38. The Kier molecular flexibility index (Phi) is 4.48. The van der Waals surface area contributed by atoms with Gasteiger partial charge < -0.3 is 10.2 Å². The zero-order valence-electron chi connectivity index (χ0n) is 13.3. The van der Waals surface area contributed by atoms with Gasteiger partial charge in [-0.2, -0.15) is 0 Å². The first-order chi connectivity index (χ1) is 11.1. The minimum atomic E-state index is -0.0918. The second-order valence-corrected chi connectivity index (χ2v) is 6.97.